The van der Waals surface area contributed by atoms with Crippen molar-refractivity contribution in [1.29, 1.82) is 0 Å². The van der Waals surface area contributed by atoms with Crippen molar-refractivity contribution in [2.24, 2.45) is 0 Å². The van der Waals surface area contributed by atoms with Crippen molar-refractivity contribution in [3.63, 3.8) is 0 Å². The highest BCUT2D eigenvalue weighted by Gasteiger charge is 2.44. The van der Waals surface area contributed by atoms with Gasteiger partial charge in [-0.15, -0.1) is 0 Å². The lowest BCUT2D eigenvalue weighted by Gasteiger charge is -2.17. The minimum Gasteiger partial charge on any atom is -0.385 e. The van der Waals surface area contributed by atoms with Gasteiger partial charge in [-0.2, -0.15) is 5.10 Å². The van der Waals surface area contributed by atoms with Gasteiger partial charge in [0, 0.05) is 37.5 Å². The molecule has 36 heavy (non-hydrogen) atoms. The van der Waals surface area contributed by atoms with Crippen molar-refractivity contribution in [3.8, 4) is 11.5 Å². The topological polar surface area (TPSA) is 112 Å². The first-order chi connectivity index (χ1) is 17.3. The summed E-state index contributed by atoms with van der Waals surface area (Å²) in [7, 11) is 1.58. The third-order valence-electron chi connectivity index (χ3n) is 6.35. The molecule has 0 spiro atoms. The second-order valence-electron chi connectivity index (χ2n) is 9.19. The molecule has 5 rings (SSSR count). The number of anilines is 1. The zero-order valence-electron chi connectivity index (χ0n) is 20.2. The number of carbonyl (C=O) groups excluding carboxylic acids is 2. The SMILES string of the molecule is COCCCC(=O)c1nc(-c2nn(Cc3ccccc3F)c3ncccc23)nc2c1C(C)(C)C(=O)N2. The first-order valence-corrected chi connectivity index (χ1v) is 11.6. The molecule has 1 aromatic carbocycles. The van der Waals surface area contributed by atoms with Crippen LogP contribution < -0.4 is 5.32 Å². The molecule has 0 fully saturated rings. The van der Waals surface area contributed by atoms with Crippen LogP contribution in [0.25, 0.3) is 22.6 Å². The second-order valence-corrected chi connectivity index (χ2v) is 9.19. The molecular weight excluding hydrogens is 463 g/mol. The van der Waals surface area contributed by atoms with Crippen LogP contribution in [0, 0.1) is 5.82 Å². The summed E-state index contributed by atoms with van der Waals surface area (Å²) in [6, 6.07) is 10.0. The number of ketones is 1. The van der Waals surface area contributed by atoms with Crippen LogP contribution in [0.3, 0.4) is 0 Å². The number of pyridine rings is 1. The number of amides is 1. The van der Waals surface area contributed by atoms with Gasteiger partial charge in [0.1, 0.15) is 23.0 Å². The van der Waals surface area contributed by atoms with Crippen LogP contribution in [0.15, 0.2) is 42.6 Å². The summed E-state index contributed by atoms with van der Waals surface area (Å²) >= 11 is 0. The maximum atomic E-state index is 14.4. The van der Waals surface area contributed by atoms with Crippen LogP contribution in [0.1, 0.15) is 48.3 Å². The molecule has 0 unspecified atom stereocenters. The molecule has 4 aromatic rings. The third kappa shape index (κ3) is 4.03. The maximum absolute atomic E-state index is 14.4. The number of benzene rings is 1. The molecule has 0 saturated carbocycles. The predicted octanol–water partition coefficient (Wildman–Crippen LogP) is 3.91. The van der Waals surface area contributed by atoms with E-state index in [1.807, 2.05) is 6.07 Å². The number of nitrogens with zero attached hydrogens (tertiary/aromatic N) is 5. The number of halogens is 1. The molecule has 0 atom stereocenters. The highest BCUT2D eigenvalue weighted by atomic mass is 19.1. The lowest BCUT2D eigenvalue weighted by atomic mass is 9.84. The Kier molecular flexibility index (Phi) is 6.05. The zero-order valence-corrected chi connectivity index (χ0v) is 20.2. The van der Waals surface area contributed by atoms with E-state index in [-0.39, 0.29) is 42.0 Å². The first-order valence-electron chi connectivity index (χ1n) is 11.6. The molecule has 4 heterocycles. The quantitative estimate of drug-likeness (QED) is 0.296. The van der Waals surface area contributed by atoms with Crippen LogP contribution in [0.4, 0.5) is 10.2 Å². The van der Waals surface area contributed by atoms with Crippen molar-refractivity contribution < 1.29 is 18.7 Å². The summed E-state index contributed by atoms with van der Waals surface area (Å²) < 4.78 is 21.0. The number of hydrogen-bond acceptors (Lipinski definition) is 7. The fourth-order valence-electron chi connectivity index (χ4n) is 4.40. The van der Waals surface area contributed by atoms with Crippen LogP contribution >= 0.6 is 0 Å². The molecule has 0 bridgehead atoms. The largest absolute Gasteiger partial charge is 0.385 e. The Bertz CT molecular complexity index is 1500. The van der Waals surface area contributed by atoms with E-state index in [0.717, 1.165) is 0 Å². The number of carbonyl (C=O) groups is 2. The molecule has 184 valence electrons. The molecule has 0 saturated heterocycles. The van der Waals surface area contributed by atoms with E-state index >= 15 is 0 Å². The summed E-state index contributed by atoms with van der Waals surface area (Å²) in [5.41, 5.74) is 1.08. The summed E-state index contributed by atoms with van der Waals surface area (Å²) in [6.45, 7) is 4.07. The highest BCUT2D eigenvalue weighted by molar-refractivity contribution is 6.09. The molecule has 1 aliphatic rings. The van der Waals surface area contributed by atoms with Gasteiger partial charge >= 0.3 is 0 Å². The van der Waals surface area contributed by atoms with Crippen LogP contribution in [-0.2, 0) is 21.5 Å². The van der Waals surface area contributed by atoms with Gasteiger partial charge in [0.2, 0.25) is 5.91 Å². The van der Waals surface area contributed by atoms with Crippen molar-refractivity contribution in [1.82, 2.24) is 24.7 Å². The van der Waals surface area contributed by atoms with Gasteiger partial charge in [-0.25, -0.2) is 24.0 Å². The first kappa shape index (κ1) is 23.7. The van der Waals surface area contributed by atoms with E-state index in [2.05, 4.69) is 25.4 Å². The molecule has 0 aliphatic carbocycles. The minimum absolute atomic E-state index is 0.150. The predicted molar refractivity (Wildman–Crippen MR) is 131 cm³/mol. The van der Waals surface area contributed by atoms with Gasteiger partial charge in [-0.3, -0.25) is 9.59 Å². The summed E-state index contributed by atoms with van der Waals surface area (Å²) in [5.74, 6) is -0.324. The van der Waals surface area contributed by atoms with Crippen molar-refractivity contribution in [3.05, 3.63) is 65.2 Å². The molecule has 3 aromatic heterocycles. The minimum atomic E-state index is -0.964. The third-order valence-corrected chi connectivity index (χ3v) is 6.35. The van der Waals surface area contributed by atoms with Crippen molar-refractivity contribution in [2.45, 2.75) is 38.6 Å². The number of ether oxygens (including phenoxy) is 1. The lowest BCUT2D eigenvalue weighted by molar-refractivity contribution is -0.119. The maximum Gasteiger partial charge on any atom is 0.235 e. The Morgan fingerprint density at radius 1 is 1.17 bits per heavy atom. The fraction of sp³-hybridized carbons (Fsp3) is 0.308. The number of Topliss-reactive ketones (excluding diaryl/α,β-unsaturated/α-hetero) is 1. The number of rotatable bonds is 8. The van der Waals surface area contributed by atoms with E-state index in [9.17, 15) is 14.0 Å². The summed E-state index contributed by atoms with van der Waals surface area (Å²) in [5, 5.41) is 8.12. The smallest absolute Gasteiger partial charge is 0.235 e. The number of hydrogen-bond donors (Lipinski definition) is 1. The molecule has 1 aliphatic heterocycles. The van der Waals surface area contributed by atoms with Crippen LogP contribution in [-0.4, -0.2) is 50.1 Å². The van der Waals surface area contributed by atoms with Gasteiger partial charge in [0.15, 0.2) is 17.3 Å². The van der Waals surface area contributed by atoms with Crippen molar-refractivity contribution >= 4 is 28.5 Å². The zero-order chi connectivity index (χ0) is 25.4. The van der Waals surface area contributed by atoms with Gasteiger partial charge in [-0.1, -0.05) is 18.2 Å². The Labute approximate surface area is 206 Å². The van der Waals surface area contributed by atoms with Crippen LogP contribution in [0.5, 0.6) is 0 Å². The van der Waals surface area contributed by atoms with Gasteiger partial charge in [-0.05, 0) is 38.5 Å². The average molecular weight is 489 g/mol. The van der Waals surface area contributed by atoms with Crippen molar-refractivity contribution in [2.75, 3.05) is 19.0 Å². The molecule has 10 heteroatoms. The Morgan fingerprint density at radius 2 is 1.97 bits per heavy atom. The molecule has 9 nitrogen and oxygen atoms in total. The number of nitrogens with one attached hydrogen (secondary N) is 1. The second kappa shape index (κ2) is 9.19. The molecular formula is C26H25FN6O3. The van der Waals surface area contributed by atoms with E-state index in [4.69, 9.17) is 4.74 Å². The normalized spacial score (nSPS) is 14.2. The number of fused-ring (bicyclic) bond motifs is 2. The van der Waals surface area contributed by atoms with Gasteiger partial charge < -0.3 is 10.1 Å². The average Bonchev–Trinajstić information content (AvgIpc) is 3.34. The highest BCUT2D eigenvalue weighted by Crippen LogP contribution is 2.40. The van der Waals surface area contributed by atoms with E-state index in [0.29, 0.717) is 46.7 Å². The standard InChI is InChI=1S/C26H25FN6O3/c1-26(2)19-21(18(34)11-7-13-36-3)29-23(30-22(19)31-25(26)35)20-16-9-6-12-28-24(16)33(32-20)14-15-8-4-5-10-17(15)27/h4-6,8-10,12H,7,11,13-14H2,1-3H3,(H,29,30,31,35). The number of aromatic nitrogens is 5. The van der Waals surface area contributed by atoms with Gasteiger partial charge in [0.05, 0.1) is 17.3 Å². The monoisotopic (exact) mass is 488 g/mol. The fourth-order valence-corrected chi connectivity index (χ4v) is 4.40. The Hall–Kier alpha value is -4.05. The van der Waals surface area contributed by atoms with Gasteiger partial charge in [0.25, 0.3) is 0 Å². The summed E-state index contributed by atoms with van der Waals surface area (Å²) in [6.07, 6.45) is 2.36. The Balaban J connectivity index is 1.65. The number of methoxy groups -OCH3 is 1. The molecule has 1 N–H and O–H groups in total. The summed E-state index contributed by atoms with van der Waals surface area (Å²) in [4.78, 5) is 39.6. The lowest BCUT2D eigenvalue weighted by Crippen LogP contribution is -2.28. The Morgan fingerprint density at radius 3 is 2.75 bits per heavy atom. The van der Waals surface area contributed by atoms with E-state index in [1.54, 1.807) is 56.1 Å². The molecule has 0 radical (unpaired) electrons. The van der Waals surface area contributed by atoms with E-state index in [1.165, 1.54) is 6.07 Å². The van der Waals surface area contributed by atoms with Crippen LogP contribution in [0.2, 0.25) is 0 Å². The molecule has 1 amide bonds. The van der Waals surface area contributed by atoms with E-state index < -0.39 is 5.41 Å².